The minimum Gasteiger partial charge on any atom is -0.480 e. The second-order valence-electron chi connectivity index (χ2n) is 3.96. The number of carbonyl (C=O) groups is 2. The maximum atomic E-state index is 11.5. The lowest BCUT2D eigenvalue weighted by molar-refractivity contribution is -0.139. The summed E-state index contributed by atoms with van der Waals surface area (Å²) < 4.78 is 1.38. The summed E-state index contributed by atoms with van der Waals surface area (Å²) in [7, 11) is 1.62. The number of carboxylic acid groups (broad SMARTS) is 1. The van der Waals surface area contributed by atoms with Gasteiger partial charge in [-0.25, -0.2) is 14.3 Å². The van der Waals surface area contributed by atoms with Gasteiger partial charge < -0.3 is 10.4 Å². The van der Waals surface area contributed by atoms with Crippen LogP contribution in [0.2, 0.25) is 0 Å². The highest BCUT2D eigenvalue weighted by Crippen LogP contribution is 2.32. The molecule has 8 heteroatoms. The van der Waals surface area contributed by atoms with Crippen LogP contribution in [0.15, 0.2) is 6.33 Å². The molecule has 2 rings (SSSR count). The molecular formula is C9H13N5O3. The molecule has 92 valence electrons. The molecule has 1 aromatic rings. The summed E-state index contributed by atoms with van der Waals surface area (Å²) in [5.41, 5.74) is 0. The zero-order valence-electron chi connectivity index (χ0n) is 9.25. The van der Waals surface area contributed by atoms with Gasteiger partial charge >= 0.3 is 12.0 Å². The third kappa shape index (κ3) is 2.71. The van der Waals surface area contributed by atoms with Gasteiger partial charge in [-0.3, -0.25) is 5.32 Å². The highest BCUT2D eigenvalue weighted by atomic mass is 16.4. The van der Waals surface area contributed by atoms with Crippen LogP contribution in [0, 0.1) is 5.92 Å². The molecule has 3 N–H and O–H groups in total. The second-order valence-corrected chi connectivity index (χ2v) is 3.96. The number of rotatable bonds is 4. The van der Waals surface area contributed by atoms with Crippen LogP contribution in [0.25, 0.3) is 0 Å². The molecule has 1 atom stereocenters. The molecule has 1 heterocycles. The molecule has 0 bridgehead atoms. The predicted octanol–water partition coefficient (Wildman–Crippen LogP) is -0.200. The summed E-state index contributed by atoms with van der Waals surface area (Å²) in [5, 5.41) is 17.6. The van der Waals surface area contributed by atoms with Crippen LogP contribution in [-0.2, 0) is 11.8 Å². The van der Waals surface area contributed by atoms with Crippen LogP contribution in [0.3, 0.4) is 0 Å². The lowest BCUT2D eigenvalue weighted by Crippen LogP contribution is -2.44. The van der Waals surface area contributed by atoms with Gasteiger partial charge in [0, 0.05) is 7.05 Å². The summed E-state index contributed by atoms with van der Waals surface area (Å²) >= 11 is 0. The highest BCUT2D eigenvalue weighted by Gasteiger charge is 2.37. The normalized spacial score (nSPS) is 16.3. The van der Waals surface area contributed by atoms with Crippen molar-refractivity contribution in [2.45, 2.75) is 18.9 Å². The number of aliphatic carboxylic acids is 1. The fourth-order valence-corrected chi connectivity index (χ4v) is 1.50. The van der Waals surface area contributed by atoms with Crippen LogP contribution >= 0.6 is 0 Å². The lowest BCUT2D eigenvalue weighted by Gasteiger charge is -2.13. The summed E-state index contributed by atoms with van der Waals surface area (Å²) in [4.78, 5) is 26.3. The first-order valence-electron chi connectivity index (χ1n) is 5.22. The number of aryl methyl sites for hydroxylation is 1. The summed E-state index contributed by atoms with van der Waals surface area (Å²) in [5.74, 6) is -0.708. The molecule has 0 radical (unpaired) electrons. The maximum Gasteiger partial charge on any atom is 0.326 e. The topological polar surface area (TPSA) is 109 Å². The van der Waals surface area contributed by atoms with E-state index in [2.05, 4.69) is 20.7 Å². The van der Waals surface area contributed by atoms with Gasteiger partial charge in [0.2, 0.25) is 5.95 Å². The van der Waals surface area contributed by atoms with Gasteiger partial charge in [0.1, 0.15) is 12.4 Å². The predicted molar refractivity (Wildman–Crippen MR) is 57.3 cm³/mol. The van der Waals surface area contributed by atoms with E-state index in [1.54, 1.807) is 7.05 Å². The van der Waals surface area contributed by atoms with Crippen LogP contribution in [0.5, 0.6) is 0 Å². The number of nitrogens with one attached hydrogen (secondary N) is 2. The summed E-state index contributed by atoms with van der Waals surface area (Å²) in [6.07, 6.45) is 2.97. The van der Waals surface area contributed by atoms with E-state index in [0.29, 0.717) is 0 Å². The van der Waals surface area contributed by atoms with Crippen molar-refractivity contribution < 1.29 is 14.7 Å². The molecular weight excluding hydrogens is 226 g/mol. The molecule has 1 aliphatic rings. The number of carboxylic acids is 1. The SMILES string of the molecule is Cn1ncnc1NC(=O)NC(C(=O)O)C1CC1. The number of hydrogen-bond acceptors (Lipinski definition) is 4. The van der Waals surface area contributed by atoms with E-state index < -0.39 is 18.0 Å². The van der Waals surface area contributed by atoms with Crippen molar-refractivity contribution in [1.82, 2.24) is 20.1 Å². The molecule has 17 heavy (non-hydrogen) atoms. The van der Waals surface area contributed by atoms with Gasteiger partial charge in [0.25, 0.3) is 0 Å². The summed E-state index contributed by atoms with van der Waals surface area (Å²) in [6, 6.07) is -1.41. The van der Waals surface area contributed by atoms with Gasteiger partial charge in [-0.05, 0) is 18.8 Å². The molecule has 1 saturated carbocycles. The Morgan fingerprint density at radius 2 is 2.29 bits per heavy atom. The Morgan fingerprint density at radius 3 is 2.76 bits per heavy atom. The number of amides is 2. The first kappa shape index (κ1) is 11.4. The van der Waals surface area contributed by atoms with Gasteiger partial charge in [0.05, 0.1) is 0 Å². The van der Waals surface area contributed by atoms with E-state index in [1.165, 1.54) is 11.0 Å². The standard InChI is InChI=1S/C9H13N5O3/c1-14-8(10-4-11-14)13-9(17)12-6(7(15)16)5-2-3-5/h4-6H,2-3H2,1H3,(H,15,16)(H2,10,11,12,13,17). The van der Waals surface area contributed by atoms with Crippen LogP contribution in [0.1, 0.15) is 12.8 Å². The first-order chi connectivity index (χ1) is 8.08. The Hall–Kier alpha value is -2.12. The van der Waals surface area contributed by atoms with Gasteiger partial charge in [-0.15, -0.1) is 0 Å². The molecule has 1 aliphatic carbocycles. The average Bonchev–Trinajstić information content (AvgIpc) is 3.01. The molecule has 1 fully saturated rings. The van der Waals surface area contributed by atoms with Crippen molar-refractivity contribution in [2.75, 3.05) is 5.32 Å². The van der Waals surface area contributed by atoms with Crippen LogP contribution in [0.4, 0.5) is 10.7 Å². The van der Waals surface area contributed by atoms with Crippen molar-refractivity contribution in [3.05, 3.63) is 6.33 Å². The van der Waals surface area contributed by atoms with E-state index in [0.717, 1.165) is 12.8 Å². The van der Waals surface area contributed by atoms with Gasteiger partial charge in [-0.1, -0.05) is 0 Å². The fourth-order valence-electron chi connectivity index (χ4n) is 1.50. The first-order valence-corrected chi connectivity index (χ1v) is 5.22. The van der Waals surface area contributed by atoms with E-state index in [4.69, 9.17) is 5.11 Å². The van der Waals surface area contributed by atoms with Crippen molar-refractivity contribution in [3.8, 4) is 0 Å². The molecule has 0 spiro atoms. The van der Waals surface area contributed by atoms with Crippen molar-refractivity contribution in [1.29, 1.82) is 0 Å². The molecule has 0 saturated heterocycles. The average molecular weight is 239 g/mol. The Labute approximate surface area is 97.0 Å². The second kappa shape index (κ2) is 4.40. The van der Waals surface area contributed by atoms with Crippen molar-refractivity contribution in [3.63, 3.8) is 0 Å². The Kier molecular flexibility index (Phi) is 2.94. The largest absolute Gasteiger partial charge is 0.480 e. The molecule has 0 aromatic carbocycles. The van der Waals surface area contributed by atoms with E-state index in [1.807, 2.05) is 0 Å². The number of hydrogen-bond donors (Lipinski definition) is 3. The van der Waals surface area contributed by atoms with E-state index in [-0.39, 0.29) is 11.9 Å². The van der Waals surface area contributed by atoms with Crippen LogP contribution in [-0.4, -0.2) is 37.9 Å². The Balaban J connectivity index is 1.92. The van der Waals surface area contributed by atoms with Crippen molar-refractivity contribution in [2.24, 2.45) is 13.0 Å². The third-order valence-corrected chi connectivity index (χ3v) is 2.58. The fraction of sp³-hybridized carbons (Fsp3) is 0.556. The molecule has 8 nitrogen and oxygen atoms in total. The quantitative estimate of drug-likeness (QED) is 0.674. The lowest BCUT2D eigenvalue weighted by atomic mass is 10.2. The Morgan fingerprint density at radius 1 is 1.59 bits per heavy atom. The number of aromatic nitrogens is 3. The molecule has 1 aromatic heterocycles. The van der Waals surface area contributed by atoms with Gasteiger partial charge in [-0.2, -0.15) is 10.1 Å². The van der Waals surface area contributed by atoms with Crippen LogP contribution < -0.4 is 10.6 Å². The molecule has 1 unspecified atom stereocenters. The van der Waals surface area contributed by atoms with Crippen molar-refractivity contribution >= 4 is 17.9 Å². The number of urea groups is 1. The van der Waals surface area contributed by atoms with Gasteiger partial charge in [0.15, 0.2) is 0 Å². The van der Waals surface area contributed by atoms with E-state index >= 15 is 0 Å². The zero-order valence-corrected chi connectivity index (χ0v) is 9.25. The minimum atomic E-state index is -1.01. The number of anilines is 1. The molecule has 2 amide bonds. The highest BCUT2D eigenvalue weighted by molar-refractivity contribution is 5.91. The maximum absolute atomic E-state index is 11.5. The smallest absolute Gasteiger partial charge is 0.326 e. The number of nitrogens with zero attached hydrogens (tertiary/aromatic N) is 3. The summed E-state index contributed by atoms with van der Waals surface area (Å²) in [6.45, 7) is 0. The van der Waals surface area contributed by atoms with E-state index in [9.17, 15) is 9.59 Å². The Bertz CT molecular complexity index is 440. The minimum absolute atomic E-state index is 0.0396. The zero-order chi connectivity index (χ0) is 12.4. The number of carbonyl (C=O) groups excluding carboxylic acids is 1. The third-order valence-electron chi connectivity index (χ3n) is 2.58. The molecule has 0 aliphatic heterocycles. The monoisotopic (exact) mass is 239 g/mol.